The lowest BCUT2D eigenvalue weighted by Crippen LogP contribution is -2.25. The third-order valence-electron chi connectivity index (χ3n) is 7.70. The van der Waals surface area contributed by atoms with E-state index in [-0.39, 0.29) is 5.41 Å². The van der Waals surface area contributed by atoms with E-state index in [1.165, 1.54) is 111 Å². The zero-order chi connectivity index (χ0) is 23.5. The predicted molar refractivity (Wildman–Crippen MR) is 154 cm³/mol. The minimum absolute atomic E-state index is 0.177. The van der Waals surface area contributed by atoms with Crippen molar-refractivity contribution in [2.45, 2.75) is 116 Å². The molecule has 0 saturated heterocycles. The summed E-state index contributed by atoms with van der Waals surface area (Å²) in [6, 6.07) is 14.3. The Kier molecular flexibility index (Phi) is 11.4. The van der Waals surface area contributed by atoms with Gasteiger partial charge in [0.2, 0.25) is 0 Å². The summed E-state index contributed by atoms with van der Waals surface area (Å²) >= 11 is 8.34. The molecule has 2 aromatic carbocycles. The molecule has 0 amide bonds. The average molecular weight is 530 g/mol. The molecular weight excluding hydrogens is 484 g/mol. The van der Waals surface area contributed by atoms with E-state index < -0.39 is 0 Å². The van der Waals surface area contributed by atoms with Gasteiger partial charge >= 0.3 is 0 Å². The summed E-state index contributed by atoms with van der Waals surface area (Å²) in [7, 11) is 0. The van der Waals surface area contributed by atoms with Crippen molar-refractivity contribution in [1.82, 2.24) is 0 Å². The fourth-order valence-electron chi connectivity index (χ4n) is 5.88. The van der Waals surface area contributed by atoms with E-state index in [0.717, 1.165) is 12.2 Å². The molecule has 2 aromatic rings. The summed E-state index contributed by atoms with van der Waals surface area (Å²) in [5.41, 5.74) is 7.77. The molecule has 0 fully saturated rings. The smallest absolute Gasteiger partial charge is 0.0215 e. The van der Waals surface area contributed by atoms with Crippen LogP contribution in [0.1, 0.15) is 120 Å². The molecule has 0 unspecified atom stereocenters. The third-order valence-corrected chi connectivity index (χ3v) is 8.42. The van der Waals surface area contributed by atoms with Gasteiger partial charge in [-0.05, 0) is 65.0 Å². The SMILES string of the molecule is CCCCCCCCC1(CCCCCCCC)c2cc(Br)ccc2-c2ccc(CCS)cc21. The van der Waals surface area contributed by atoms with Gasteiger partial charge in [0.25, 0.3) is 0 Å². The standard InChI is InChI=1S/C31H45BrS/c1-3-5-7-9-11-13-20-31(21-14-12-10-8-6-4-2)29-23-25(19-22-33)15-17-27(29)28-18-16-26(32)24-30(28)31/h15-18,23-24,33H,3-14,19-22H2,1-2H3. The van der Waals surface area contributed by atoms with Gasteiger partial charge in [-0.3, -0.25) is 0 Å². The molecule has 2 heteroatoms. The predicted octanol–water partition coefficient (Wildman–Crippen LogP) is 10.7. The lowest BCUT2D eigenvalue weighted by molar-refractivity contribution is 0.397. The number of fused-ring (bicyclic) bond motifs is 3. The molecule has 3 rings (SSSR count). The van der Waals surface area contributed by atoms with Crippen molar-refractivity contribution >= 4 is 28.6 Å². The van der Waals surface area contributed by atoms with Gasteiger partial charge in [-0.15, -0.1) is 0 Å². The molecular formula is C31H45BrS. The van der Waals surface area contributed by atoms with Gasteiger partial charge in [-0.25, -0.2) is 0 Å². The summed E-state index contributed by atoms with van der Waals surface area (Å²) in [6.45, 7) is 4.62. The fraction of sp³-hybridized carbons (Fsp3) is 0.613. The number of rotatable bonds is 16. The topological polar surface area (TPSA) is 0 Å². The molecule has 1 aliphatic carbocycles. The Labute approximate surface area is 217 Å². The Bertz CT molecular complexity index is 840. The molecule has 0 bridgehead atoms. The van der Waals surface area contributed by atoms with Crippen molar-refractivity contribution in [3.05, 3.63) is 57.6 Å². The van der Waals surface area contributed by atoms with Crippen molar-refractivity contribution in [2.75, 3.05) is 5.75 Å². The maximum Gasteiger partial charge on any atom is 0.0215 e. The van der Waals surface area contributed by atoms with E-state index >= 15 is 0 Å². The molecule has 0 nitrogen and oxygen atoms in total. The molecule has 0 N–H and O–H groups in total. The Balaban J connectivity index is 1.89. The van der Waals surface area contributed by atoms with Crippen LogP contribution in [0, 0.1) is 0 Å². The largest absolute Gasteiger partial charge is 0.179 e. The second-order valence-corrected chi connectivity index (χ2v) is 11.5. The van der Waals surface area contributed by atoms with Gasteiger partial charge < -0.3 is 0 Å². The quantitative estimate of drug-likeness (QED) is 0.162. The maximum atomic E-state index is 4.53. The summed E-state index contributed by atoms with van der Waals surface area (Å²) in [4.78, 5) is 0. The molecule has 0 heterocycles. The Hall–Kier alpha value is -0.730. The molecule has 0 atom stereocenters. The van der Waals surface area contributed by atoms with Gasteiger partial charge in [0.15, 0.2) is 0 Å². The summed E-state index contributed by atoms with van der Waals surface area (Å²) in [5, 5.41) is 0. The van der Waals surface area contributed by atoms with Gasteiger partial charge in [0.05, 0.1) is 0 Å². The first kappa shape index (κ1) is 26.9. The highest BCUT2D eigenvalue weighted by Crippen LogP contribution is 2.55. The molecule has 0 aliphatic heterocycles. The van der Waals surface area contributed by atoms with E-state index in [0.29, 0.717) is 0 Å². The second-order valence-electron chi connectivity index (χ2n) is 10.2. The number of hydrogen-bond acceptors (Lipinski definition) is 1. The first-order chi connectivity index (χ1) is 16.2. The van der Waals surface area contributed by atoms with Crippen molar-refractivity contribution in [3.63, 3.8) is 0 Å². The minimum Gasteiger partial charge on any atom is -0.179 e. The van der Waals surface area contributed by atoms with E-state index in [2.05, 4.69) is 78.8 Å². The highest BCUT2D eigenvalue weighted by Gasteiger charge is 2.42. The van der Waals surface area contributed by atoms with E-state index in [9.17, 15) is 0 Å². The number of unbranched alkanes of at least 4 members (excludes halogenated alkanes) is 10. The van der Waals surface area contributed by atoms with Crippen molar-refractivity contribution in [2.24, 2.45) is 0 Å². The molecule has 0 spiro atoms. The van der Waals surface area contributed by atoms with E-state index in [4.69, 9.17) is 0 Å². The van der Waals surface area contributed by atoms with Crippen LogP contribution in [-0.2, 0) is 11.8 Å². The van der Waals surface area contributed by atoms with Gasteiger partial charge in [0.1, 0.15) is 0 Å². The first-order valence-corrected chi connectivity index (χ1v) is 15.1. The molecule has 0 aromatic heterocycles. The van der Waals surface area contributed by atoms with Crippen LogP contribution in [0.4, 0.5) is 0 Å². The fourth-order valence-corrected chi connectivity index (χ4v) is 6.50. The Morgan fingerprint density at radius 3 is 1.76 bits per heavy atom. The normalized spacial score (nSPS) is 13.8. The molecule has 0 radical (unpaired) electrons. The number of hydrogen-bond donors (Lipinski definition) is 1. The van der Waals surface area contributed by atoms with E-state index in [1.54, 1.807) is 11.1 Å². The highest BCUT2D eigenvalue weighted by atomic mass is 79.9. The third kappa shape index (κ3) is 6.91. The van der Waals surface area contributed by atoms with Crippen LogP contribution >= 0.6 is 28.6 Å². The minimum atomic E-state index is 0.177. The second kappa shape index (κ2) is 14.0. The van der Waals surface area contributed by atoms with Gasteiger partial charge in [0, 0.05) is 9.89 Å². The van der Waals surface area contributed by atoms with Crippen LogP contribution in [0.15, 0.2) is 40.9 Å². The van der Waals surface area contributed by atoms with E-state index in [1.807, 2.05) is 0 Å². The van der Waals surface area contributed by atoms with Crippen molar-refractivity contribution < 1.29 is 0 Å². The molecule has 0 saturated carbocycles. The monoisotopic (exact) mass is 528 g/mol. The van der Waals surface area contributed by atoms with Crippen LogP contribution in [0.2, 0.25) is 0 Å². The van der Waals surface area contributed by atoms with Crippen LogP contribution in [0.25, 0.3) is 11.1 Å². The van der Waals surface area contributed by atoms with Crippen LogP contribution < -0.4 is 0 Å². The summed E-state index contributed by atoms with van der Waals surface area (Å²) < 4.78 is 1.22. The van der Waals surface area contributed by atoms with Crippen LogP contribution in [-0.4, -0.2) is 5.75 Å². The lowest BCUT2D eigenvalue weighted by atomic mass is 9.70. The van der Waals surface area contributed by atoms with Gasteiger partial charge in [-0.1, -0.05) is 131 Å². The van der Waals surface area contributed by atoms with Crippen LogP contribution in [0.5, 0.6) is 0 Å². The van der Waals surface area contributed by atoms with Crippen LogP contribution in [0.3, 0.4) is 0 Å². The van der Waals surface area contributed by atoms with Crippen molar-refractivity contribution in [1.29, 1.82) is 0 Å². The van der Waals surface area contributed by atoms with Crippen molar-refractivity contribution in [3.8, 4) is 11.1 Å². The summed E-state index contributed by atoms with van der Waals surface area (Å²) in [6.07, 6.45) is 20.0. The Morgan fingerprint density at radius 1 is 0.667 bits per heavy atom. The number of aryl methyl sites for hydroxylation is 1. The summed E-state index contributed by atoms with van der Waals surface area (Å²) in [5.74, 6) is 0.916. The number of thiol groups is 1. The first-order valence-electron chi connectivity index (χ1n) is 13.7. The molecule has 1 aliphatic rings. The highest BCUT2D eigenvalue weighted by molar-refractivity contribution is 9.10. The lowest BCUT2D eigenvalue weighted by Gasteiger charge is -2.33. The molecule has 182 valence electrons. The number of benzene rings is 2. The molecule has 33 heavy (non-hydrogen) atoms. The number of halogens is 1. The van der Waals surface area contributed by atoms with Gasteiger partial charge in [-0.2, -0.15) is 12.6 Å². The zero-order valence-electron chi connectivity index (χ0n) is 21.1. The zero-order valence-corrected chi connectivity index (χ0v) is 23.6. The Morgan fingerprint density at radius 2 is 1.18 bits per heavy atom. The average Bonchev–Trinajstić information content (AvgIpc) is 3.07. The maximum absolute atomic E-state index is 4.53.